The van der Waals surface area contributed by atoms with Crippen LogP contribution in [0.25, 0.3) is 0 Å². The Labute approximate surface area is 116 Å². The molecule has 0 heterocycles. The Balaban J connectivity index is 1.68. The standard InChI is InChI=1S/C18H24O/c1-2-13-3-5-14(6-4-13)15-7-8-17-12-18(19)10-9-16(17)11-15/h3-6,15-17H,2,7-12H2,1H3. The van der Waals surface area contributed by atoms with Gasteiger partial charge in [-0.1, -0.05) is 31.2 Å². The molecule has 0 N–H and O–H groups in total. The number of benzene rings is 1. The van der Waals surface area contributed by atoms with E-state index in [2.05, 4.69) is 31.2 Å². The Morgan fingerprint density at radius 1 is 1.05 bits per heavy atom. The summed E-state index contributed by atoms with van der Waals surface area (Å²) in [7, 11) is 0. The van der Waals surface area contributed by atoms with Gasteiger partial charge in [0, 0.05) is 12.8 Å². The first-order chi connectivity index (χ1) is 9.26. The van der Waals surface area contributed by atoms with Crippen LogP contribution in [0, 0.1) is 11.8 Å². The highest BCUT2D eigenvalue weighted by atomic mass is 16.1. The molecule has 0 spiro atoms. The van der Waals surface area contributed by atoms with Gasteiger partial charge in [0.2, 0.25) is 0 Å². The van der Waals surface area contributed by atoms with Crippen LogP contribution in [0.2, 0.25) is 0 Å². The second-order valence-corrected chi connectivity index (χ2v) is 6.41. The maximum Gasteiger partial charge on any atom is 0.133 e. The van der Waals surface area contributed by atoms with Gasteiger partial charge in [-0.05, 0) is 61.0 Å². The van der Waals surface area contributed by atoms with Crippen molar-refractivity contribution in [2.75, 3.05) is 0 Å². The minimum atomic E-state index is 0.506. The Morgan fingerprint density at radius 3 is 2.58 bits per heavy atom. The lowest BCUT2D eigenvalue weighted by Gasteiger charge is -2.39. The number of hydrogen-bond acceptors (Lipinski definition) is 1. The highest BCUT2D eigenvalue weighted by Gasteiger charge is 2.35. The molecule has 0 aliphatic heterocycles. The Kier molecular flexibility index (Phi) is 3.72. The van der Waals surface area contributed by atoms with Gasteiger partial charge in [0.1, 0.15) is 5.78 Å². The van der Waals surface area contributed by atoms with Crippen molar-refractivity contribution >= 4 is 5.78 Å². The van der Waals surface area contributed by atoms with Crippen LogP contribution in [0.1, 0.15) is 62.5 Å². The highest BCUT2D eigenvalue weighted by molar-refractivity contribution is 5.79. The van der Waals surface area contributed by atoms with Crippen molar-refractivity contribution < 1.29 is 4.79 Å². The van der Waals surface area contributed by atoms with Crippen LogP contribution in [0.3, 0.4) is 0 Å². The number of ketones is 1. The minimum absolute atomic E-state index is 0.506. The van der Waals surface area contributed by atoms with Crippen molar-refractivity contribution in [2.45, 2.75) is 57.8 Å². The van der Waals surface area contributed by atoms with E-state index in [0.29, 0.717) is 11.7 Å². The van der Waals surface area contributed by atoms with Crippen LogP contribution < -0.4 is 0 Å². The van der Waals surface area contributed by atoms with E-state index >= 15 is 0 Å². The molecule has 0 aromatic heterocycles. The zero-order valence-corrected chi connectivity index (χ0v) is 11.9. The second-order valence-electron chi connectivity index (χ2n) is 6.41. The average molecular weight is 256 g/mol. The lowest BCUT2D eigenvalue weighted by Crippen LogP contribution is -2.30. The summed E-state index contributed by atoms with van der Waals surface area (Å²) < 4.78 is 0. The molecule has 0 saturated heterocycles. The van der Waals surface area contributed by atoms with Gasteiger partial charge in [0.05, 0.1) is 0 Å². The SMILES string of the molecule is CCc1ccc(C2CCC3CC(=O)CCC3C2)cc1. The van der Waals surface area contributed by atoms with E-state index in [1.54, 1.807) is 0 Å². The van der Waals surface area contributed by atoms with Gasteiger partial charge >= 0.3 is 0 Å². The molecule has 2 saturated carbocycles. The van der Waals surface area contributed by atoms with Crippen LogP contribution in [-0.2, 0) is 11.2 Å². The van der Waals surface area contributed by atoms with Gasteiger partial charge in [-0.2, -0.15) is 0 Å². The van der Waals surface area contributed by atoms with Crippen LogP contribution in [0.15, 0.2) is 24.3 Å². The number of Topliss-reactive ketones (excluding diaryl/α,β-unsaturated/α-hetero) is 1. The molecule has 1 nitrogen and oxygen atoms in total. The molecule has 19 heavy (non-hydrogen) atoms. The summed E-state index contributed by atoms with van der Waals surface area (Å²) in [6, 6.07) is 9.23. The van der Waals surface area contributed by atoms with Gasteiger partial charge in [-0.15, -0.1) is 0 Å². The molecule has 0 bridgehead atoms. The molecule has 3 unspecified atom stereocenters. The third kappa shape index (κ3) is 2.75. The number of carbonyl (C=O) groups is 1. The molecule has 102 valence electrons. The quantitative estimate of drug-likeness (QED) is 0.761. The molecular weight excluding hydrogens is 232 g/mol. The number of rotatable bonds is 2. The molecule has 1 heteroatoms. The van der Waals surface area contributed by atoms with Crippen LogP contribution >= 0.6 is 0 Å². The molecule has 3 atom stereocenters. The van der Waals surface area contributed by atoms with Crippen molar-refractivity contribution in [3.05, 3.63) is 35.4 Å². The van der Waals surface area contributed by atoms with E-state index < -0.39 is 0 Å². The summed E-state index contributed by atoms with van der Waals surface area (Å²) in [5.74, 6) is 2.75. The smallest absolute Gasteiger partial charge is 0.133 e. The summed E-state index contributed by atoms with van der Waals surface area (Å²) in [4.78, 5) is 11.5. The fourth-order valence-electron chi connectivity index (χ4n) is 4.02. The third-order valence-corrected chi connectivity index (χ3v) is 5.28. The van der Waals surface area contributed by atoms with Crippen LogP contribution in [0.4, 0.5) is 0 Å². The van der Waals surface area contributed by atoms with Crippen molar-refractivity contribution in [1.82, 2.24) is 0 Å². The van der Waals surface area contributed by atoms with Gasteiger partial charge in [-0.25, -0.2) is 0 Å². The normalized spacial score (nSPS) is 31.0. The first kappa shape index (κ1) is 12.9. The molecule has 2 aliphatic rings. The number of hydrogen-bond donors (Lipinski definition) is 0. The topological polar surface area (TPSA) is 17.1 Å². The summed E-state index contributed by atoms with van der Waals surface area (Å²) in [5, 5.41) is 0. The molecule has 1 aromatic carbocycles. The number of carbonyl (C=O) groups excluding carboxylic acids is 1. The second kappa shape index (κ2) is 5.48. The first-order valence-electron chi connectivity index (χ1n) is 7.86. The molecule has 1 aromatic rings. The fourth-order valence-corrected chi connectivity index (χ4v) is 4.02. The van der Waals surface area contributed by atoms with Gasteiger partial charge in [0.15, 0.2) is 0 Å². The summed E-state index contributed by atoms with van der Waals surface area (Å²) in [6.07, 6.45) is 7.82. The highest BCUT2D eigenvalue weighted by Crippen LogP contribution is 2.45. The van der Waals surface area contributed by atoms with Gasteiger partial charge in [0.25, 0.3) is 0 Å². The Bertz CT molecular complexity index is 445. The fraction of sp³-hybridized carbons (Fsp3) is 0.611. The Morgan fingerprint density at radius 2 is 1.84 bits per heavy atom. The van der Waals surface area contributed by atoms with E-state index in [9.17, 15) is 4.79 Å². The van der Waals surface area contributed by atoms with Crippen molar-refractivity contribution in [1.29, 1.82) is 0 Å². The minimum Gasteiger partial charge on any atom is -0.300 e. The van der Waals surface area contributed by atoms with E-state index in [0.717, 1.165) is 37.5 Å². The van der Waals surface area contributed by atoms with Crippen molar-refractivity contribution in [3.63, 3.8) is 0 Å². The van der Waals surface area contributed by atoms with Crippen molar-refractivity contribution in [3.8, 4) is 0 Å². The van der Waals surface area contributed by atoms with Gasteiger partial charge in [-0.3, -0.25) is 4.79 Å². The predicted molar refractivity (Wildman–Crippen MR) is 78.3 cm³/mol. The molecule has 2 fully saturated rings. The first-order valence-corrected chi connectivity index (χ1v) is 7.86. The molecule has 0 radical (unpaired) electrons. The average Bonchev–Trinajstić information content (AvgIpc) is 2.47. The van der Waals surface area contributed by atoms with Crippen molar-refractivity contribution in [2.24, 2.45) is 11.8 Å². The van der Waals surface area contributed by atoms with Crippen LogP contribution in [-0.4, -0.2) is 5.78 Å². The third-order valence-electron chi connectivity index (χ3n) is 5.28. The van der Waals surface area contributed by atoms with Gasteiger partial charge < -0.3 is 0 Å². The lowest BCUT2D eigenvalue weighted by atomic mass is 9.66. The maximum absolute atomic E-state index is 11.5. The van der Waals surface area contributed by atoms with E-state index in [1.165, 1.54) is 30.4 Å². The largest absolute Gasteiger partial charge is 0.300 e. The summed E-state index contributed by atoms with van der Waals surface area (Å²) >= 11 is 0. The molecule has 3 rings (SSSR count). The molecule has 2 aliphatic carbocycles. The monoisotopic (exact) mass is 256 g/mol. The maximum atomic E-state index is 11.5. The van der Waals surface area contributed by atoms with E-state index in [4.69, 9.17) is 0 Å². The Hall–Kier alpha value is -1.11. The van der Waals surface area contributed by atoms with Crippen LogP contribution in [0.5, 0.6) is 0 Å². The molecular formula is C18H24O. The molecule has 0 amide bonds. The number of fused-ring (bicyclic) bond motifs is 1. The summed E-state index contributed by atoms with van der Waals surface area (Å²) in [6.45, 7) is 2.21. The number of aryl methyl sites for hydroxylation is 1. The van der Waals surface area contributed by atoms with E-state index in [-0.39, 0.29) is 0 Å². The lowest BCUT2D eigenvalue weighted by molar-refractivity contribution is -0.123. The zero-order valence-electron chi connectivity index (χ0n) is 11.9. The predicted octanol–water partition coefficient (Wildman–Crippen LogP) is 4.50. The van der Waals surface area contributed by atoms with E-state index in [1.807, 2.05) is 0 Å². The zero-order chi connectivity index (χ0) is 13.2. The summed E-state index contributed by atoms with van der Waals surface area (Å²) in [5.41, 5.74) is 2.95.